The Hall–Kier alpha value is -2.37. The lowest BCUT2D eigenvalue weighted by Crippen LogP contribution is -2.21. The monoisotopic (exact) mass is 287 g/mol. The lowest BCUT2D eigenvalue weighted by atomic mass is 9.98. The van der Waals surface area contributed by atoms with Gasteiger partial charge in [-0.2, -0.15) is 5.10 Å². The molecule has 0 aromatic carbocycles. The van der Waals surface area contributed by atoms with Crippen molar-refractivity contribution in [2.24, 2.45) is 0 Å². The van der Waals surface area contributed by atoms with Crippen LogP contribution in [0.15, 0.2) is 30.6 Å². The first-order valence-corrected chi connectivity index (χ1v) is 7.15. The third-order valence-corrected chi connectivity index (χ3v) is 3.65. The van der Waals surface area contributed by atoms with Gasteiger partial charge in [-0.15, -0.1) is 0 Å². The van der Waals surface area contributed by atoms with Crippen molar-refractivity contribution < 1.29 is 14.6 Å². The first-order chi connectivity index (χ1) is 10.3. The van der Waals surface area contributed by atoms with Gasteiger partial charge in [-0.3, -0.25) is 0 Å². The van der Waals surface area contributed by atoms with Crippen LogP contribution in [0.2, 0.25) is 0 Å². The molecule has 0 spiro atoms. The third-order valence-electron chi connectivity index (χ3n) is 3.65. The van der Waals surface area contributed by atoms with Crippen molar-refractivity contribution in [3.8, 4) is 11.6 Å². The quantitative estimate of drug-likeness (QED) is 0.935. The van der Waals surface area contributed by atoms with E-state index < -0.39 is 5.97 Å². The van der Waals surface area contributed by atoms with Crippen molar-refractivity contribution in [2.75, 3.05) is 0 Å². The van der Waals surface area contributed by atoms with Crippen LogP contribution in [0, 0.1) is 0 Å². The molecule has 0 amide bonds. The van der Waals surface area contributed by atoms with E-state index in [4.69, 9.17) is 4.74 Å². The molecule has 0 unspecified atom stereocenters. The van der Waals surface area contributed by atoms with Crippen LogP contribution in [-0.4, -0.2) is 31.9 Å². The standard InChI is InChI=1S/C15H17N3O3/c19-15(20)14-12(21-11-6-2-1-3-7-11)10-17-18(14)13-8-4-5-9-16-13/h4-5,8-11H,1-3,6-7H2,(H,19,20). The summed E-state index contributed by atoms with van der Waals surface area (Å²) >= 11 is 0. The Morgan fingerprint density at radius 1 is 1.29 bits per heavy atom. The van der Waals surface area contributed by atoms with Gasteiger partial charge >= 0.3 is 5.97 Å². The lowest BCUT2D eigenvalue weighted by Gasteiger charge is -2.22. The summed E-state index contributed by atoms with van der Waals surface area (Å²) < 4.78 is 7.16. The fourth-order valence-corrected chi connectivity index (χ4v) is 2.63. The highest BCUT2D eigenvalue weighted by atomic mass is 16.5. The Kier molecular flexibility index (Phi) is 3.85. The van der Waals surface area contributed by atoms with Crippen LogP contribution in [0.25, 0.3) is 5.82 Å². The molecular formula is C15H17N3O3. The fourth-order valence-electron chi connectivity index (χ4n) is 2.63. The number of carboxylic acids is 1. The summed E-state index contributed by atoms with van der Waals surface area (Å²) in [5.74, 6) is -0.280. The van der Waals surface area contributed by atoms with E-state index in [1.54, 1.807) is 24.4 Å². The summed E-state index contributed by atoms with van der Waals surface area (Å²) in [5, 5.41) is 13.6. The van der Waals surface area contributed by atoms with E-state index in [1.807, 2.05) is 0 Å². The highest BCUT2D eigenvalue weighted by Gasteiger charge is 2.24. The van der Waals surface area contributed by atoms with Gasteiger partial charge in [-0.25, -0.2) is 14.5 Å². The summed E-state index contributed by atoms with van der Waals surface area (Å²) in [4.78, 5) is 15.7. The summed E-state index contributed by atoms with van der Waals surface area (Å²) in [5.41, 5.74) is 0.0271. The number of aromatic nitrogens is 3. The molecule has 1 fully saturated rings. The minimum atomic E-state index is -1.07. The Morgan fingerprint density at radius 2 is 2.10 bits per heavy atom. The molecule has 1 N–H and O–H groups in total. The van der Waals surface area contributed by atoms with Crippen molar-refractivity contribution in [3.63, 3.8) is 0 Å². The van der Waals surface area contributed by atoms with Gasteiger partial charge in [0.05, 0.1) is 12.3 Å². The highest BCUT2D eigenvalue weighted by molar-refractivity contribution is 5.89. The molecule has 6 nitrogen and oxygen atoms in total. The molecule has 2 aromatic heterocycles. The van der Waals surface area contributed by atoms with Crippen molar-refractivity contribution in [1.82, 2.24) is 14.8 Å². The van der Waals surface area contributed by atoms with Crippen molar-refractivity contribution in [3.05, 3.63) is 36.3 Å². The molecular weight excluding hydrogens is 270 g/mol. The number of rotatable bonds is 4. The van der Waals surface area contributed by atoms with E-state index in [-0.39, 0.29) is 11.8 Å². The van der Waals surface area contributed by atoms with Gasteiger partial charge in [-0.1, -0.05) is 12.5 Å². The fraction of sp³-hybridized carbons (Fsp3) is 0.400. The molecule has 0 bridgehead atoms. The molecule has 0 aliphatic heterocycles. The van der Waals surface area contributed by atoms with E-state index in [9.17, 15) is 9.90 Å². The number of ether oxygens (including phenoxy) is 1. The Balaban J connectivity index is 1.91. The first-order valence-electron chi connectivity index (χ1n) is 7.15. The SMILES string of the molecule is O=C(O)c1c(OC2CCCCC2)cnn1-c1ccccn1. The maximum Gasteiger partial charge on any atom is 0.358 e. The van der Waals surface area contributed by atoms with Gasteiger partial charge < -0.3 is 9.84 Å². The molecule has 1 saturated carbocycles. The van der Waals surface area contributed by atoms with E-state index in [0.29, 0.717) is 11.6 Å². The average molecular weight is 287 g/mol. The van der Waals surface area contributed by atoms with Crippen LogP contribution in [0.3, 0.4) is 0 Å². The summed E-state index contributed by atoms with van der Waals surface area (Å²) in [6.45, 7) is 0. The van der Waals surface area contributed by atoms with E-state index in [2.05, 4.69) is 10.1 Å². The predicted molar refractivity (Wildman–Crippen MR) is 75.8 cm³/mol. The number of carboxylic acid groups (broad SMARTS) is 1. The van der Waals surface area contributed by atoms with Crippen molar-refractivity contribution >= 4 is 5.97 Å². The van der Waals surface area contributed by atoms with Crippen LogP contribution in [0.5, 0.6) is 5.75 Å². The molecule has 6 heteroatoms. The second-order valence-corrected chi connectivity index (χ2v) is 5.14. The summed E-state index contributed by atoms with van der Waals surface area (Å²) in [6, 6.07) is 5.27. The van der Waals surface area contributed by atoms with Crippen molar-refractivity contribution in [2.45, 2.75) is 38.2 Å². The Bertz CT molecular complexity index is 618. The zero-order chi connectivity index (χ0) is 14.7. The van der Waals surface area contributed by atoms with Crippen LogP contribution in [0.4, 0.5) is 0 Å². The van der Waals surface area contributed by atoms with E-state index in [1.165, 1.54) is 17.3 Å². The number of aromatic carboxylic acids is 1. The zero-order valence-electron chi connectivity index (χ0n) is 11.6. The molecule has 3 rings (SSSR count). The number of carbonyl (C=O) groups is 1. The van der Waals surface area contributed by atoms with E-state index >= 15 is 0 Å². The molecule has 2 heterocycles. The normalized spacial score (nSPS) is 15.8. The topological polar surface area (TPSA) is 77.2 Å². The smallest absolute Gasteiger partial charge is 0.358 e. The number of hydrogen-bond acceptors (Lipinski definition) is 4. The maximum atomic E-state index is 11.6. The Morgan fingerprint density at radius 3 is 2.76 bits per heavy atom. The molecule has 1 aliphatic carbocycles. The van der Waals surface area contributed by atoms with Crippen LogP contribution in [-0.2, 0) is 0 Å². The van der Waals surface area contributed by atoms with Crippen molar-refractivity contribution in [1.29, 1.82) is 0 Å². The largest absolute Gasteiger partial charge is 0.486 e. The van der Waals surface area contributed by atoms with Gasteiger partial charge in [-0.05, 0) is 37.8 Å². The van der Waals surface area contributed by atoms with Gasteiger partial charge in [0.15, 0.2) is 17.3 Å². The maximum absolute atomic E-state index is 11.6. The zero-order valence-corrected chi connectivity index (χ0v) is 11.6. The molecule has 110 valence electrons. The number of pyridine rings is 1. The van der Waals surface area contributed by atoms with Gasteiger partial charge in [0.2, 0.25) is 0 Å². The minimum Gasteiger partial charge on any atom is -0.486 e. The Labute approximate surface area is 122 Å². The molecule has 2 aromatic rings. The predicted octanol–water partition coefficient (Wildman–Crippen LogP) is 2.68. The molecule has 0 saturated heterocycles. The second-order valence-electron chi connectivity index (χ2n) is 5.14. The first kappa shape index (κ1) is 13.6. The van der Waals surface area contributed by atoms with Crippen LogP contribution in [0.1, 0.15) is 42.6 Å². The third kappa shape index (κ3) is 2.89. The van der Waals surface area contributed by atoms with Gasteiger partial charge in [0.25, 0.3) is 0 Å². The number of hydrogen-bond donors (Lipinski definition) is 1. The molecule has 21 heavy (non-hydrogen) atoms. The lowest BCUT2D eigenvalue weighted by molar-refractivity contribution is 0.0676. The average Bonchev–Trinajstić information content (AvgIpc) is 2.93. The van der Waals surface area contributed by atoms with Gasteiger partial charge in [0.1, 0.15) is 0 Å². The minimum absolute atomic E-state index is 0.0271. The highest BCUT2D eigenvalue weighted by Crippen LogP contribution is 2.27. The molecule has 0 radical (unpaired) electrons. The summed E-state index contributed by atoms with van der Waals surface area (Å²) in [7, 11) is 0. The molecule has 1 aliphatic rings. The molecule has 0 atom stereocenters. The van der Waals surface area contributed by atoms with Gasteiger partial charge in [0, 0.05) is 6.20 Å². The second kappa shape index (κ2) is 5.95. The number of nitrogens with zero attached hydrogens (tertiary/aromatic N) is 3. The van der Waals surface area contributed by atoms with Crippen LogP contribution < -0.4 is 4.74 Å². The van der Waals surface area contributed by atoms with Crippen LogP contribution >= 0.6 is 0 Å². The summed E-state index contributed by atoms with van der Waals surface area (Å²) in [6.07, 6.45) is 8.55. The van der Waals surface area contributed by atoms with E-state index in [0.717, 1.165) is 25.7 Å².